The second-order valence-electron chi connectivity index (χ2n) is 4.02. The lowest BCUT2D eigenvalue weighted by molar-refractivity contribution is 0.0692. The molecular weight excluding hydrogens is 256 g/mol. The van der Waals surface area contributed by atoms with Gasteiger partial charge in [-0.1, -0.05) is 54.4 Å². The van der Waals surface area contributed by atoms with Crippen LogP contribution in [0.5, 0.6) is 0 Å². The molecule has 2 aliphatic heterocycles. The number of hydrogen-bond acceptors (Lipinski definition) is 4. The highest BCUT2D eigenvalue weighted by Gasteiger charge is 1.94. The highest BCUT2D eigenvalue weighted by molar-refractivity contribution is 4.43. The number of epoxide rings is 1. The van der Waals surface area contributed by atoms with Crippen molar-refractivity contribution >= 4 is 0 Å². The molecule has 2 rings (SSSR count). The summed E-state index contributed by atoms with van der Waals surface area (Å²) in [4.78, 5) is 0. The van der Waals surface area contributed by atoms with Gasteiger partial charge >= 0.3 is 0 Å². The number of rotatable bonds is 3. The van der Waals surface area contributed by atoms with Crippen molar-refractivity contribution in [1.82, 2.24) is 0 Å². The van der Waals surface area contributed by atoms with E-state index >= 15 is 0 Å². The normalized spacial score (nSPS) is 14.4. The monoisotopic (exact) mass is 294 g/mol. The van der Waals surface area contributed by atoms with Gasteiger partial charge in [0.15, 0.2) is 0 Å². The Kier molecular flexibility index (Phi) is 33.8. The zero-order valence-corrected chi connectivity index (χ0v) is 14.6. The highest BCUT2D eigenvalue weighted by Crippen LogP contribution is 1.92. The molecule has 0 radical (unpaired) electrons. The fourth-order valence-corrected chi connectivity index (χ4v) is 0.583. The topological polar surface area (TPSA) is 51.2 Å². The molecule has 2 fully saturated rings. The lowest BCUT2D eigenvalue weighted by Crippen LogP contribution is -1.99. The van der Waals surface area contributed by atoms with Gasteiger partial charge in [-0.2, -0.15) is 0 Å². The Morgan fingerprint density at radius 3 is 1.10 bits per heavy atom. The predicted octanol–water partition coefficient (Wildman–Crippen LogP) is 4.01. The number of aliphatic hydroxyl groups is 1. The molecule has 0 aromatic heterocycles. The molecule has 0 spiro atoms. The molecule has 0 bridgehead atoms. The number of aliphatic hydroxyl groups excluding tert-OH is 1. The van der Waals surface area contributed by atoms with Gasteiger partial charge in [0.25, 0.3) is 0 Å². The molecular formula is C16H38O4. The van der Waals surface area contributed by atoms with E-state index in [9.17, 15) is 0 Å². The van der Waals surface area contributed by atoms with Crippen LogP contribution in [-0.4, -0.2) is 44.4 Å². The smallest absolute Gasteiger partial charge is 0.146 e. The summed E-state index contributed by atoms with van der Waals surface area (Å²) >= 11 is 0. The lowest BCUT2D eigenvalue weighted by Gasteiger charge is -1.98. The molecule has 2 heterocycles. The second-order valence-corrected chi connectivity index (χ2v) is 4.02. The number of unbranched alkanes of at least 4 members (excludes halogenated alkanes) is 1. The summed E-state index contributed by atoms with van der Waals surface area (Å²) in [5, 5.41) is 8.67. The van der Waals surface area contributed by atoms with Gasteiger partial charge in [-0.3, -0.25) is 0 Å². The van der Waals surface area contributed by atoms with Crippen LogP contribution in [0.2, 0.25) is 0 Å². The van der Waals surface area contributed by atoms with Crippen molar-refractivity contribution in [2.24, 2.45) is 0 Å². The molecule has 0 aliphatic carbocycles. The first kappa shape index (κ1) is 24.8. The van der Waals surface area contributed by atoms with Gasteiger partial charge in [-0.15, -0.1) is 0 Å². The van der Waals surface area contributed by atoms with Crippen LogP contribution in [0.4, 0.5) is 0 Å². The van der Waals surface area contributed by atoms with Crippen LogP contribution >= 0.6 is 0 Å². The van der Waals surface area contributed by atoms with Gasteiger partial charge in [0, 0.05) is 0 Å². The minimum absolute atomic E-state index is 0.0648. The van der Waals surface area contributed by atoms with Crippen molar-refractivity contribution in [3.63, 3.8) is 0 Å². The summed E-state index contributed by atoms with van der Waals surface area (Å²) in [6.45, 7) is 16.4. The average molecular weight is 294 g/mol. The zero-order valence-electron chi connectivity index (χ0n) is 14.6. The molecule has 0 atom stereocenters. The molecule has 4 nitrogen and oxygen atoms in total. The Morgan fingerprint density at radius 2 is 1.05 bits per heavy atom. The fraction of sp³-hybridized carbons (Fsp3) is 1.00. The van der Waals surface area contributed by atoms with E-state index in [4.69, 9.17) is 14.6 Å². The maximum atomic E-state index is 8.67. The first-order chi connectivity index (χ1) is 9.72. The van der Waals surface area contributed by atoms with Gasteiger partial charge < -0.3 is 19.3 Å². The van der Waals surface area contributed by atoms with Crippen LogP contribution in [-0.2, 0) is 14.2 Å². The summed E-state index contributed by atoms with van der Waals surface area (Å²) in [5.74, 6) is 0. The van der Waals surface area contributed by atoms with E-state index < -0.39 is 0 Å². The first-order valence-electron chi connectivity index (χ1n) is 8.14. The molecule has 0 unspecified atom stereocenters. The Morgan fingerprint density at radius 1 is 0.750 bits per heavy atom. The summed E-state index contributed by atoms with van der Waals surface area (Å²) < 4.78 is 13.9. The Hall–Kier alpha value is -0.160. The second kappa shape index (κ2) is 27.2. The molecule has 0 amide bonds. The van der Waals surface area contributed by atoms with Crippen LogP contribution in [0, 0.1) is 0 Å². The Labute approximate surface area is 126 Å². The highest BCUT2D eigenvalue weighted by atomic mass is 16.7. The van der Waals surface area contributed by atoms with E-state index in [1.165, 1.54) is 12.8 Å². The van der Waals surface area contributed by atoms with Crippen LogP contribution < -0.4 is 0 Å². The molecule has 4 heteroatoms. The van der Waals surface area contributed by atoms with E-state index in [-0.39, 0.29) is 6.10 Å². The molecule has 2 saturated heterocycles. The third kappa shape index (κ3) is 43.1. The van der Waals surface area contributed by atoms with Crippen LogP contribution in [0.1, 0.15) is 67.2 Å². The maximum absolute atomic E-state index is 8.67. The SMILES string of the molecule is C1CO1.C1COCO1.CC.CCC(O)CC.CCCC. The predicted molar refractivity (Wildman–Crippen MR) is 86.1 cm³/mol. The summed E-state index contributed by atoms with van der Waals surface area (Å²) in [6.07, 6.45) is 4.34. The maximum Gasteiger partial charge on any atom is 0.146 e. The molecule has 126 valence electrons. The lowest BCUT2D eigenvalue weighted by atomic mass is 10.2. The minimum Gasteiger partial charge on any atom is -0.393 e. The summed E-state index contributed by atoms with van der Waals surface area (Å²) in [7, 11) is 0. The van der Waals surface area contributed by atoms with Crippen molar-refractivity contribution in [2.45, 2.75) is 73.3 Å². The molecule has 20 heavy (non-hydrogen) atoms. The average Bonchev–Trinajstić information content (AvgIpc) is 3.30. The van der Waals surface area contributed by atoms with E-state index in [2.05, 4.69) is 18.6 Å². The number of ether oxygens (including phenoxy) is 3. The van der Waals surface area contributed by atoms with Crippen molar-refractivity contribution in [2.75, 3.05) is 33.2 Å². The van der Waals surface area contributed by atoms with Gasteiger partial charge in [-0.05, 0) is 12.8 Å². The molecule has 2 aliphatic rings. The zero-order chi connectivity index (χ0) is 16.1. The van der Waals surface area contributed by atoms with E-state index in [1.807, 2.05) is 27.7 Å². The van der Waals surface area contributed by atoms with Crippen LogP contribution in [0.15, 0.2) is 0 Å². The third-order valence-corrected chi connectivity index (χ3v) is 2.19. The number of hydrogen-bond donors (Lipinski definition) is 1. The molecule has 0 aromatic rings. The Balaban J connectivity index is -0.000000189. The quantitative estimate of drug-likeness (QED) is 0.799. The summed E-state index contributed by atoms with van der Waals surface area (Å²) in [6, 6.07) is 0. The van der Waals surface area contributed by atoms with Gasteiger partial charge in [-0.25, -0.2) is 0 Å². The molecule has 0 aromatic carbocycles. The minimum atomic E-state index is -0.0648. The van der Waals surface area contributed by atoms with Gasteiger partial charge in [0.2, 0.25) is 0 Å². The standard InChI is InChI=1S/C5H12O.C4H10.C3H6O2.C2H4O.C2H6/c1-3-5(6)4-2;1-3-4-2;1-2-5-3-4-1;1-2-3-1;1-2/h5-6H,3-4H2,1-2H3;3-4H2,1-2H3;1-3H2;1-2H2;1-2H3. The third-order valence-electron chi connectivity index (χ3n) is 2.19. The Bertz CT molecular complexity index is 109. The summed E-state index contributed by atoms with van der Waals surface area (Å²) in [5.41, 5.74) is 0. The first-order valence-corrected chi connectivity index (χ1v) is 8.14. The fourth-order valence-electron chi connectivity index (χ4n) is 0.583. The van der Waals surface area contributed by atoms with E-state index in [1.54, 1.807) is 0 Å². The van der Waals surface area contributed by atoms with Crippen LogP contribution in [0.25, 0.3) is 0 Å². The van der Waals surface area contributed by atoms with Crippen molar-refractivity contribution in [1.29, 1.82) is 0 Å². The molecule has 1 N–H and O–H groups in total. The van der Waals surface area contributed by atoms with Gasteiger partial charge in [0.05, 0.1) is 32.5 Å². The largest absolute Gasteiger partial charge is 0.393 e. The van der Waals surface area contributed by atoms with E-state index in [0.717, 1.165) is 39.3 Å². The van der Waals surface area contributed by atoms with Crippen molar-refractivity contribution in [3.8, 4) is 0 Å². The van der Waals surface area contributed by atoms with Gasteiger partial charge in [0.1, 0.15) is 6.79 Å². The van der Waals surface area contributed by atoms with E-state index in [0.29, 0.717) is 6.79 Å². The van der Waals surface area contributed by atoms with Crippen molar-refractivity contribution < 1.29 is 19.3 Å². The molecule has 0 saturated carbocycles. The van der Waals surface area contributed by atoms with Crippen LogP contribution in [0.3, 0.4) is 0 Å². The van der Waals surface area contributed by atoms with Crippen molar-refractivity contribution in [3.05, 3.63) is 0 Å².